The van der Waals surface area contributed by atoms with Crippen LogP contribution < -0.4 is 0 Å². The maximum atomic E-state index is 12.8. The molecule has 1 amide bonds. The quantitative estimate of drug-likeness (QED) is 0.447. The summed E-state index contributed by atoms with van der Waals surface area (Å²) < 4.78 is 41.4. The molecule has 0 radical (unpaired) electrons. The molecule has 0 bridgehead atoms. The van der Waals surface area contributed by atoms with E-state index in [0.29, 0.717) is 38.2 Å². The van der Waals surface area contributed by atoms with Crippen LogP contribution >= 0.6 is 0 Å². The average molecular weight is 490 g/mol. The van der Waals surface area contributed by atoms with E-state index >= 15 is 0 Å². The van der Waals surface area contributed by atoms with E-state index in [9.17, 15) is 13.2 Å². The molecule has 1 aliphatic rings. The highest BCUT2D eigenvalue weighted by Crippen LogP contribution is 2.28. The Morgan fingerprint density at radius 1 is 1.00 bits per heavy atom. The number of carbonyl (C=O) groups is 1. The predicted octanol–water partition coefficient (Wildman–Crippen LogP) is 4.77. The molecule has 8 heteroatoms. The third-order valence-corrected chi connectivity index (χ3v) is 6.74. The van der Waals surface area contributed by atoms with Crippen LogP contribution in [0.25, 0.3) is 0 Å². The van der Waals surface area contributed by atoms with Crippen molar-refractivity contribution in [2.24, 2.45) is 5.92 Å². The first-order chi connectivity index (χ1) is 16.1. The molecule has 2 aromatic rings. The van der Waals surface area contributed by atoms with Crippen molar-refractivity contribution in [2.45, 2.75) is 57.6 Å². The van der Waals surface area contributed by atoms with E-state index in [1.165, 1.54) is 0 Å². The fourth-order valence-corrected chi connectivity index (χ4v) is 5.01. The summed E-state index contributed by atoms with van der Waals surface area (Å²) in [6, 6.07) is 18.7. The zero-order chi connectivity index (χ0) is 24.6. The van der Waals surface area contributed by atoms with Crippen LogP contribution in [-0.4, -0.2) is 50.8 Å². The number of carbonyl (C=O) groups excluding carboxylic acids is 1. The summed E-state index contributed by atoms with van der Waals surface area (Å²) in [6.45, 7) is 6.93. The maximum absolute atomic E-state index is 12.8. The Labute approximate surface area is 203 Å². The van der Waals surface area contributed by atoms with Gasteiger partial charge in [0.1, 0.15) is 11.4 Å². The Hall–Kier alpha value is -2.42. The van der Waals surface area contributed by atoms with Crippen molar-refractivity contribution in [3.8, 4) is 0 Å². The molecule has 2 aromatic carbocycles. The number of nitrogens with zero attached hydrogens (tertiary/aromatic N) is 1. The molecule has 3 rings (SSSR count). The fraction of sp³-hybridized carbons (Fsp3) is 0.500. The molecule has 1 heterocycles. The molecule has 0 spiro atoms. The van der Waals surface area contributed by atoms with Gasteiger partial charge in [0.2, 0.25) is 0 Å². The molecule has 1 unspecified atom stereocenters. The monoisotopic (exact) mass is 489 g/mol. The van der Waals surface area contributed by atoms with E-state index in [2.05, 4.69) is 0 Å². The Morgan fingerprint density at radius 3 is 2.24 bits per heavy atom. The number of ether oxygens (including phenoxy) is 2. The first-order valence-corrected chi connectivity index (χ1v) is 13.2. The average Bonchev–Trinajstić information content (AvgIpc) is 3.17. The number of benzene rings is 2. The van der Waals surface area contributed by atoms with Crippen LogP contribution in [0, 0.1) is 5.92 Å². The van der Waals surface area contributed by atoms with Crippen molar-refractivity contribution in [3.63, 3.8) is 0 Å². The number of hydrogen-bond acceptors (Lipinski definition) is 6. The van der Waals surface area contributed by atoms with Gasteiger partial charge < -0.3 is 14.4 Å². The van der Waals surface area contributed by atoms with Gasteiger partial charge in [-0.15, -0.1) is 0 Å². The number of hydrogen-bond donors (Lipinski definition) is 0. The van der Waals surface area contributed by atoms with Crippen LogP contribution in [0.2, 0.25) is 0 Å². The Balaban J connectivity index is 1.53. The van der Waals surface area contributed by atoms with E-state index in [-0.39, 0.29) is 30.4 Å². The standard InChI is InChI=1S/C26H35NO6S/c1-26(2,3)33-25(28)27-17-23(16-24(27)19-31-18-21-10-6-4-7-11-21)14-15-32-34(29,30)20-22-12-8-5-9-13-22/h4-13,23-24H,14-20H2,1-3H3/t23?,24-/m0/s1. The smallest absolute Gasteiger partial charge is 0.410 e. The Kier molecular flexibility index (Phi) is 9.10. The first kappa shape index (κ1) is 26.2. The molecule has 34 heavy (non-hydrogen) atoms. The molecule has 1 fully saturated rings. The van der Waals surface area contributed by atoms with E-state index in [0.717, 1.165) is 5.56 Å². The largest absolute Gasteiger partial charge is 0.444 e. The SMILES string of the molecule is CC(C)(C)OC(=O)N1CC(CCOS(=O)(=O)Cc2ccccc2)C[C@H]1COCc1ccccc1. The van der Waals surface area contributed by atoms with Crippen LogP contribution in [0.5, 0.6) is 0 Å². The van der Waals surface area contributed by atoms with Gasteiger partial charge in [0.25, 0.3) is 10.1 Å². The molecular weight excluding hydrogens is 454 g/mol. The minimum absolute atomic E-state index is 0.0829. The molecule has 0 N–H and O–H groups in total. The summed E-state index contributed by atoms with van der Waals surface area (Å²) >= 11 is 0. The van der Waals surface area contributed by atoms with E-state index < -0.39 is 15.7 Å². The van der Waals surface area contributed by atoms with Gasteiger partial charge in [0, 0.05) is 6.54 Å². The lowest BCUT2D eigenvalue weighted by Crippen LogP contribution is -2.41. The summed E-state index contributed by atoms with van der Waals surface area (Å²) in [5.41, 5.74) is 1.16. The molecule has 186 valence electrons. The molecule has 0 saturated carbocycles. The van der Waals surface area contributed by atoms with Gasteiger partial charge in [-0.1, -0.05) is 60.7 Å². The second-order valence-electron chi connectivity index (χ2n) is 9.69. The van der Waals surface area contributed by atoms with Crippen LogP contribution in [0.3, 0.4) is 0 Å². The first-order valence-electron chi connectivity index (χ1n) is 11.6. The molecular formula is C26H35NO6S. The fourth-order valence-electron chi connectivity index (χ4n) is 3.97. The van der Waals surface area contributed by atoms with Crippen LogP contribution in [0.4, 0.5) is 4.79 Å². The van der Waals surface area contributed by atoms with Crippen molar-refractivity contribution in [1.29, 1.82) is 0 Å². The normalized spacial score (nSPS) is 18.7. The maximum Gasteiger partial charge on any atom is 0.410 e. The van der Waals surface area contributed by atoms with Gasteiger partial charge in [-0.05, 0) is 50.7 Å². The van der Waals surface area contributed by atoms with E-state index in [4.69, 9.17) is 13.7 Å². The van der Waals surface area contributed by atoms with E-state index in [1.54, 1.807) is 29.2 Å². The molecule has 0 aromatic heterocycles. The predicted molar refractivity (Wildman–Crippen MR) is 131 cm³/mol. The number of rotatable bonds is 10. The molecule has 1 saturated heterocycles. The summed E-state index contributed by atoms with van der Waals surface area (Å²) in [5.74, 6) is -0.0526. The van der Waals surface area contributed by atoms with Crippen LogP contribution in [0.1, 0.15) is 44.7 Å². The Morgan fingerprint density at radius 2 is 1.62 bits per heavy atom. The van der Waals surface area contributed by atoms with Crippen molar-refractivity contribution >= 4 is 16.2 Å². The zero-order valence-corrected chi connectivity index (χ0v) is 21.0. The minimum atomic E-state index is -3.67. The summed E-state index contributed by atoms with van der Waals surface area (Å²) in [5, 5.41) is 0. The van der Waals surface area contributed by atoms with Crippen molar-refractivity contribution < 1.29 is 26.9 Å². The van der Waals surface area contributed by atoms with Crippen molar-refractivity contribution in [3.05, 3.63) is 71.8 Å². The van der Waals surface area contributed by atoms with Crippen molar-refractivity contribution in [1.82, 2.24) is 4.90 Å². The number of likely N-dealkylation sites (tertiary alicyclic amines) is 1. The second kappa shape index (κ2) is 11.8. The van der Waals surface area contributed by atoms with Crippen LogP contribution in [0.15, 0.2) is 60.7 Å². The summed E-state index contributed by atoms with van der Waals surface area (Å²) in [4.78, 5) is 14.5. The minimum Gasteiger partial charge on any atom is -0.444 e. The second-order valence-corrected chi connectivity index (χ2v) is 11.3. The number of amides is 1. The molecule has 0 aliphatic carbocycles. The van der Waals surface area contributed by atoms with Gasteiger partial charge in [-0.2, -0.15) is 8.42 Å². The third kappa shape index (κ3) is 8.74. The summed E-state index contributed by atoms with van der Waals surface area (Å²) in [7, 11) is -3.67. The van der Waals surface area contributed by atoms with Gasteiger partial charge >= 0.3 is 6.09 Å². The van der Waals surface area contributed by atoms with Crippen molar-refractivity contribution in [2.75, 3.05) is 19.8 Å². The third-order valence-electron chi connectivity index (χ3n) is 5.53. The summed E-state index contributed by atoms with van der Waals surface area (Å²) in [6.07, 6.45) is 0.861. The lowest BCUT2D eigenvalue weighted by molar-refractivity contribution is 0.00858. The lowest BCUT2D eigenvalue weighted by Gasteiger charge is -2.28. The highest BCUT2D eigenvalue weighted by molar-refractivity contribution is 7.85. The zero-order valence-electron chi connectivity index (χ0n) is 20.2. The highest BCUT2D eigenvalue weighted by atomic mass is 32.2. The van der Waals surface area contributed by atoms with Gasteiger partial charge in [0.15, 0.2) is 0 Å². The van der Waals surface area contributed by atoms with Gasteiger partial charge in [-0.3, -0.25) is 4.18 Å². The molecule has 7 nitrogen and oxygen atoms in total. The van der Waals surface area contributed by atoms with Gasteiger partial charge in [0.05, 0.1) is 25.9 Å². The Bertz CT molecular complexity index is 1000. The topological polar surface area (TPSA) is 82.1 Å². The highest BCUT2D eigenvalue weighted by Gasteiger charge is 2.37. The molecule has 2 atom stereocenters. The lowest BCUT2D eigenvalue weighted by atomic mass is 10.0. The van der Waals surface area contributed by atoms with E-state index in [1.807, 2.05) is 57.2 Å². The van der Waals surface area contributed by atoms with Crippen LogP contribution in [-0.2, 0) is 36.1 Å². The molecule has 1 aliphatic heterocycles. The van der Waals surface area contributed by atoms with Gasteiger partial charge in [-0.25, -0.2) is 4.79 Å².